The third kappa shape index (κ3) is 7.09. The molecule has 0 N–H and O–H groups in total. The van der Waals surface area contributed by atoms with Crippen molar-refractivity contribution in [2.45, 2.75) is 53.4 Å². The third-order valence-corrected chi connectivity index (χ3v) is 4.43. The Hall–Kier alpha value is -1.38. The first-order chi connectivity index (χ1) is 12.3. The Morgan fingerprint density at radius 1 is 0.731 bits per heavy atom. The van der Waals surface area contributed by atoms with Crippen LogP contribution in [-0.4, -0.2) is 14.2 Å². The number of hydrogen-bond acceptors (Lipinski definition) is 2. The van der Waals surface area contributed by atoms with Gasteiger partial charge in [0, 0.05) is 6.07 Å². The molecule has 0 bridgehead atoms. The summed E-state index contributed by atoms with van der Waals surface area (Å²) < 4.78 is 10.3. The third-order valence-electron chi connectivity index (χ3n) is 3.65. The van der Waals surface area contributed by atoms with Crippen LogP contribution in [0.2, 0.25) is 10.0 Å². The van der Waals surface area contributed by atoms with E-state index >= 15 is 0 Å². The van der Waals surface area contributed by atoms with Crippen molar-refractivity contribution in [2.75, 3.05) is 14.2 Å². The molecule has 0 amide bonds. The first kappa shape index (κ1) is 24.6. The van der Waals surface area contributed by atoms with Crippen molar-refractivity contribution < 1.29 is 9.47 Å². The first-order valence-corrected chi connectivity index (χ1v) is 9.73. The van der Waals surface area contributed by atoms with Crippen molar-refractivity contribution in [1.29, 1.82) is 0 Å². The summed E-state index contributed by atoms with van der Waals surface area (Å²) in [6.07, 6.45) is 0. The molecule has 146 valence electrons. The lowest BCUT2D eigenvalue weighted by Crippen LogP contribution is -1.97. The quantitative estimate of drug-likeness (QED) is 0.519. The molecular weight excluding hydrogens is 367 g/mol. The van der Waals surface area contributed by atoms with Gasteiger partial charge in [-0.25, -0.2) is 0 Å². The van der Waals surface area contributed by atoms with Crippen molar-refractivity contribution in [2.24, 2.45) is 0 Å². The molecule has 0 aromatic heterocycles. The summed E-state index contributed by atoms with van der Waals surface area (Å²) in [6, 6.07) is 12.2. The molecule has 0 unspecified atom stereocenters. The Morgan fingerprint density at radius 3 is 1.42 bits per heavy atom. The summed E-state index contributed by atoms with van der Waals surface area (Å²) in [7, 11) is 3.14. The zero-order chi connectivity index (χ0) is 20.3. The summed E-state index contributed by atoms with van der Waals surface area (Å²) in [5.41, 5.74) is 2.27. The molecule has 0 saturated carbocycles. The molecule has 2 aromatic carbocycles. The van der Waals surface area contributed by atoms with Gasteiger partial charge in [-0.05, 0) is 23.0 Å². The van der Waals surface area contributed by atoms with Crippen LogP contribution in [0.25, 0.3) is 0 Å². The fourth-order valence-corrected chi connectivity index (χ4v) is 3.19. The number of ether oxygens (including phenoxy) is 2. The van der Waals surface area contributed by atoms with E-state index in [1.165, 1.54) is 5.56 Å². The van der Waals surface area contributed by atoms with Gasteiger partial charge >= 0.3 is 0 Å². The summed E-state index contributed by atoms with van der Waals surface area (Å²) in [4.78, 5) is 0. The van der Waals surface area contributed by atoms with Crippen LogP contribution in [0.4, 0.5) is 0 Å². The van der Waals surface area contributed by atoms with Gasteiger partial charge in [-0.1, -0.05) is 95.1 Å². The van der Waals surface area contributed by atoms with E-state index in [2.05, 4.69) is 38.1 Å². The maximum Gasteiger partial charge on any atom is 0.141 e. The van der Waals surface area contributed by atoms with Crippen molar-refractivity contribution in [3.8, 4) is 11.5 Å². The number of halogens is 2. The molecule has 26 heavy (non-hydrogen) atoms. The van der Waals surface area contributed by atoms with Gasteiger partial charge in [0.2, 0.25) is 0 Å². The van der Waals surface area contributed by atoms with Crippen LogP contribution in [0, 0.1) is 0 Å². The van der Waals surface area contributed by atoms with E-state index in [0.29, 0.717) is 27.5 Å². The first-order valence-electron chi connectivity index (χ1n) is 8.98. The van der Waals surface area contributed by atoms with Crippen molar-refractivity contribution in [3.63, 3.8) is 0 Å². The van der Waals surface area contributed by atoms with Crippen LogP contribution in [-0.2, 0) is 0 Å². The zero-order valence-corrected chi connectivity index (χ0v) is 18.7. The molecule has 4 heteroatoms. The number of methoxy groups -OCH3 is 2. The highest BCUT2D eigenvalue weighted by Gasteiger charge is 2.18. The minimum absolute atomic E-state index is 0.217. The summed E-state index contributed by atoms with van der Waals surface area (Å²) in [6.45, 7) is 12.4. The fraction of sp³-hybridized carbons (Fsp3) is 0.455. The van der Waals surface area contributed by atoms with Crippen LogP contribution in [0.15, 0.2) is 36.4 Å². The van der Waals surface area contributed by atoms with Gasteiger partial charge in [-0.3, -0.25) is 0 Å². The van der Waals surface area contributed by atoms with Gasteiger partial charge in [0.1, 0.15) is 11.5 Å². The SMILES string of the molecule is CC.CC(C)c1ccccc1.COc1cc(OC)c(Cl)c(C(C)C)c1Cl. The lowest BCUT2D eigenvalue weighted by Gasteiger charge is -2.16. The van der Waals surface area contributed by atoms with Crippen LogP contribution in [0.3, 0.4) is 0 Å². The Kier molecular flexibility index (Phi) is 12.2. The van der Waals surface area contributed by atoms with E-state index in [-0.39, 0.29) is 5.92 Å². The fourth-order valence-electron chi connectivity index (χ4n) is 2.25. The van der Waals surface area contributed by atoms with E-state index in [1.54, 1.807) is 20.3 Å². The largest absolute Gasteiger partial charge is 0.495 e. The van der Waals surface area contributed by atoms with Crippen molar-refractivity contribution in [3.05, 3.63) is 57.6 Å². The molecule has 0 fully saturated rings. The second-order valence-corrected chi connectivity index (χ2v) is 6.80. The predicted octanol–water partition coefficient (Wildman–Crippen LogP) is 7.97. The minimum Gasteiger partial charge on any atom is -0.495 e. The normalized spacial score (nSPS) is 9.85. The maximum absolute atomic E-state index is 6.17. The molecule has 2 aromatic rings. The Balaban J connectivity index is 0.000000484. The van der Waals surface area contributed by atoms with Gasteiger partial charge in [-0.15, -0.1) is 0 Å². The van der Waals surface area contributed by atoms with Crippen LogP contribution < -0.4 is 9.47 Å². The van der Waals surface area contributed by atoms with E-state index in [4.69, 9.17) is 32.7 Å². The highest BCUT2D eigenvalue weighted by molar-refractivity contribution is 6.38. The lowest BCUT2D eigenvalue weighted by molar-refractivity contribution is 0.393. The second-order valence-electron chi connectivity index (χ2n) is 6.04. The Morgan fingerprint density at radius 2 is 1.15 bits per heavy atom. The molecule has 2 nitrogen and oxygen atoms in total. The highest BCUT2D eigenvalue weighted by Crippen LogP contribution is 2.43. The molecule has 0 spiro atoms. The standard InChI is InChI=1S/C11H14Cl2O2.C9H12.C2H6/c1-6(2)9-10(12)7(14-3)5-8(15-4)11(9)13;1-8(2)9-6-4-3-5-7-9;1-2/h5-6H,1-4H3;3-8H,1-2H3;1-2H3. The molecular formula is C22H32Cl2O2. The van der Waals surface area contributed by atoms with Crippen molar-refractivity contribution >= 4 is 23.2 Å². The van der Waals surface area contributed by atoms with Crippen LogP contribution >= 0.6 is 23.2 Å². The number of rotatable bonds is 4. The monoisotopic (exact) mass is 398 g/mol. The highest BCUT2D eigenvalue weighted by atomic mass is 35.5. The molecule has 2 rings (SSSR count). The maximum atomic E-state index is 6.17. The van der Waals surface area contributed by atoms with E-state index in [1.807, 2.05) is 33.8 Å². The smallest absolute Gasteiger partial charge is 0.141 e. The van der Waals surface area contributed by atoms with Gasteiger partial charge in [0.25, 0.3) is 0 Å². The second kappa shape index (κ2) is 12.9. The number of hydrogen-bond donors (Lipinski definition) is 0. The topological polar surface area (TPSA) is 18.5 Å². The summed E-state index contributed by atoms with van der Waals surface area (Å²) >= 11 is 12.3. The molecule has 0 aliphatic rings. The van der Waals surface area contributed by atoms with E-state index in [9.17, 15) is 0 Å². The zero-order valence-electron chi connectivity index (χ0n) is 17.2. The molecule has 0 atom stereocenters. The van der Waals surface area contributed by atoms with E-state index < -0.39 is 0 Å². The Bertz CT molecular complexity index is 610. The summed E-state index contributed by atoms with van der Waals surface area (Å²) in [5.74, 6) is 2.04. The predicted molar refractivity (Wildman–Crippen MR) is 116 cm³/mol. The summed E-state index contributed by atoms with van der Waals surface area (Å²) in [5, 5.41) is 1.11. The average Bonchev–Trinajstić information content (AvgIpc) is 2.64. The Labute approximate surface area is 169 Å². The number of benzene rings is 2. The minimum atomic E-state index is 0.217. The van der Waals surface area contributed by atoms with E-state index in [0.717, 1.165) is 5.56 Å². The van der Waals surface area contributed by atoms with Crippen molar-refractivity contribution in [1.82, 2.24) is 0 Å². The van der Waals surface area contributed by atoms with Gasteiger partial charge in [0.15, 0.2) is 0 Å². The molecule has 0 aliphatic heterocycles. The molecule has 0 aliphatic carbocycles. The lowest BCUT2D eigenvalue weighted by atomic mass is 10.0. The molecule has 0 saturated heterocycles. The van der Waals surface area contributed by atoms with Crippen LogP contribution in [0.5, 0.6) is 11.5 Å². The average molecular weight is 399 g/mol. The molecule has 0 heterocycles. The van der Waals surface area contributed by atoms with Gasteiger partial charge in [-0.2, -0.15) is 0 Å². The van der Waals surface area contributed by atoms with Gasteiger partial charge in [0.05, 0.1) is 24.3 Å². The van der Waals surface area contributed by atoms with Gasteiger partial charge < -0.3 is 9.47 Å². The van der Waals surface area contributed by atoms with Crippen LogP contribution in [0.1, 0.15) is 64.5 Å². The molecule has 0 radical (unpaired) electrons.